The molecular weight excluding hydrogens is 296 g/mol. The number of nitrogens with one attached hydrogen (secondary N) is 2. The molecule has 0 aliphatic heterocycles. The first kappa shape index (κ1) is 16.8. The van der Waals surface area contributed by atoms with E-state index < -0.39 is 0 Å². The van der Waals surface area contributed by atoms with Gasteiger partial charge in [-0.25, -0.2) is 4.98 Å². The van der Waals surface area contributed by atoms with E-state index in [1.54, 1.807) is 21.3 Å². The Labute approximate surface area is 136 Å². The van der Waals surface area contributed by atoms with E-state index in [1.165, 1.54) is 0 Å². The van der Waals surface area contributed by atoms with E-state index in [-0.39, 0.29) is 0 Å². The Morgan fingerprint density at radius 2 is 1.87 bits per heavy atom. The summed E-state index contributed by atoms with van der Waals surface area (Å²) in [6.45, 7) is 3.15. The number of ether oxygens (including phenoxy) is 3. The number of nitrogens with zero attached hydrogens (tertiary/aromatic N) is 2. The topological polar surface area (TPSA) is 77.5 Å². The van der Waals surface area contributed by atoms with Crippen LogP contribution in [0.4, 0.5) is 17.5 Å². The molecule has 7 nitrogen and oxygen atoms in total. The van der Waals surface area contributed by atoms with Gasteiger partial charge in [-0.05, 0) is 19.1 Å². The number of hydrogen-bond acceptors (Lipinski definition) is 7. The third-order valence-electron chi connectivity index (χ3n) is 3.11. The molecule has 0 radical (unpaired) electrons. The van der Waals surface area contributed by atoms with Gasteiger partial charge in [0.1, 0.15) is 17.3 Å². The fourth-order valence-corrected chi connectivity index (χ4v) is 2.02. The SMILES string of the molecule is COCCNc1nc(C)cc(Nc2ccc(OC)cc2OC)n1. The maximum atomic E-state index is 5.38. The van der Waals surface area contributed by atoms with E-state index in [0.29, 0.717) is 30.7 Å². The molecule has 0 atom stereocenters. The number of aromatic nitrogens is 2. The van der Waals surface area contributed by atoms with Gasteiger partial charge in [-0.15, -0.1) is 0 Å². The largest absolute Gasteiger partial charge is 0.497 e. The number of hydrogen-bond donors (Lipinski definition) is 2. The Balaban J connectivity index is 2.19. The third kappa shape index (κ3) is 4.72. The van der Waals surface area contributed by atoms with Crippen molar-refractivity contribution in [1.29, 1.82) is 0 Å². The van der Waals surface area contributed by atoms with Crippen LogP contribution in [-0.4, -0.2) is 44.4 Å². The van der Waals surface area contributed by atoms with Crippen LogP contribution in [0, 0.1) is 6.92 Å². The summed E-state index contributed by atoms with van der Waals surface area (Å²) in [5.41, 5.74) is 1.66. The molecule has 0 saturated carbocycles. The van der Waals surface area contributed by atoms with Crippen molar-refractivity contribution in [1.82, 2.24) is 9.97 Å². The quantitative estimate of drug-likeness (QED) is 0.724. The molecule has 0 fully saturated rings. The van der Waals surface area contributed by atoms with Gasteiger partial charge < -0.3 is 24.8 Å². The second kappa shape index (κ2) is 8.19. The molecule has 124 valence electrons. The standard InChI is InChI=1S/C16H22N4O3/c1-11-9-15(20-16(18-11)17-7-8-21-2)19-13-6-5-12(22-3)10-14(13)23-4/h5-6,9-10H,7-8H2,1-4H3,(H2,17,18,19,20). The van der Waals surface area contributed by atoms with Crippen LogP contribution in [0.2, 0.25) is 0 Å². The lowest BCUT2D eigenvalue weighted by atomic mass is 10.2. The Bertz CT molecular complexity index is 649. The Hall–Kier alpha value is -2.54. The monoisotopic (exact) mass is 318 g/mol. The van der Waals surface area contributed by atoms with Crippen LogP contribution >= 0.6 is 0 Å². The van der Waals surface area contributed by atoms with Crippen LogP contribution in [0.1, 0.15) is 5.69 Å². The average Bonchev–Trinajstić information content (AvgIpc) is 2.55. The predicted molar refractivity (Wildman–Crippen MR) is 90.0 cm³/mol. The highest BCUT2D eigenvalue weighted by Gasteiger charge is 2.08. The molecule has 1 heterocycles. The molecule has 0 aliphatic rings. The summed E-state index contributed by atoms with van der Waals surface area (Å²) in [6, 6.07) is 7.42. The van der Waals surface area contributed by atoms with E-state index in [9.17, 15) is 0 Å². The summed E-state index contributed by atoms with van der Waals surface area (Å²) in [6.07, 6.45) is 0. The molecule has 0 bridgehead atoms. The minimum atomic E-state index is 0.553. The van der Waals surface area contributed by atoms with Crippen LogP contribution in [0.3, 0.4) is 0 Å². The zero-order valence-corrected chi connectivity index (χ0v) is 13.8. The van der Waals surface area contributed by atoms with Gasteiger partial charge in [-0.2, -0.15) is 4.98 Å². The summed E-state index contributed by atoms with van der Waals surface area (Å²) in [5, 5.41) is 6.36. The van der Waals surface area contributed by atoms with Crippen molar-refractivity contribution < 1.29 is 14.2 Å². The molecule has 2 N–H and O–H groups in total. The minimum Gasteiger partial charge on any atom is -0.497 e. The first-order valence-corrected chi connectivity index (χ1v) is 7.24. The summed E-state index contributed by atoms with van der Waals surface area (Å²) in [4.78, 5) is 8.79. The number of anilines is 3. The smallest absolute Gasteiger partial charge is 0.224 e. The Kier molecular flexibility index (Phi) is 5.99. The predicted octanol–water partition coefficient (Wildman–Crippen LogP) is 2.60. The van der Waals surface area contributed by atoms with Crippen LogP contribution < -0.4 is 20.1 Å². The van der Waals surface area contributed by atoms with Crippen LogP contribution in [0.25, 0.3) is 0 Å². The van der Waals surface area contributed by atoms with E-state index in [4.69, 9.17) is 14.2 Å². The van der Waals surface area contributed by atoms with Crippen molar-refractivity contribution in [2.24, 2.45) is 0 Å². The molecule has 2 rings (SSSR count). The Morgan fingerprint density at radius 3 is 2.57 bits per heavy atom. The lowest BCUT2D eigenvalue weighted by molar-refractivity contribution is 0.210. The zero-order valence-electron chi connectivity index (χ0n) is 13.8. The highest BCUT2D eigenvalue weighted by Crippen LogP contribution is 2.31. The van der Waals surface area contributed by atoms with Gasteiger partial charge in [-0.1, -0.05) is 0 Å². The molecule has 0 amide bonds. The molecule has 23 heavy (non-hydrogen) atoms. The Morgan fingerprint density at radius 1 is 1.04 bits per heavy atom. The normalized spacial score (nSPS) is 10.3. The van der Waals surface area contributed by atoms with Gasteiger partial charge >= 0.3 is 0 Å². The van der Waals surface area contributed by atoms with Gasteiger partial charge in [-0.3, -0.25) is 0 Å². The molecule has 7 heteroatoms. The summed E-state index contributed by atoms with van der Waals surface area (Å²) >= 11 is 0. The second-order valence-corrected chi connectivity index (χ2v) is 4.83. The number of methoxy groups -OCH3 is 3. The van der Waals surface area contributed by atoms with Crippen molar-refractivity contribution in [3.8, 4) is 11.5 Å². The van der Waals surface area contributed by atoms with Gasteiger partial charge in [0.2, 0.25) is 5.95 Å². The first-order valence-electron chi connectivity index (χ1n) is 7.24. The molecular formula is C16H22N4O3. The number of rotatable bonds is 8. The van der Waals surface area contributed by atoms with Crippen molar-refractivity contribution in [2.75, 3.05) is 45.1 Å². The lowest BCUT2D eigenvalue weighted by Crippen LogP contribution is -2.11. The van der Waals surface area contributed by atoms with Crippen LogP contribution in [-0.2, 0) is 4.74 Å². The van der Waals surface area contributed by atoms with E-state index in [2.05, 4.69) is 20.6 Å². The number of aryl methyl sites for hydroxylation is 1. The molecule has 1 aromatic heterocycles. The molecule has 0 unspecified atom stereocenters. The highest BCUT2D eigenvalue weighted by atomic mass is 16.5. The fourth-order valence-electron chi connectivity index (χ4n) is 2.02. The van der Waals surface area contributed by atoms with Crippen molar-refractivity contribution in [3.05, 3.63) is 30.0 Å². The fraction of sp³-hybridized carbons (Fsp3) is 0.375. The first-order chi connectivity index (χ1) is 11.2. The third-order valence-corrected chi connectivity index (χ3v) is 3.11. The minimum absolute atomic E-state index is 0.553. The van der Waals surface area contributed by atoms with Gasteiger partial charge in [0.15, 0.2) is 0 Å². The van der Waals surface area contributed by atoms with Crippen molar-refractivity contribution >= 4 is 17.5 Å². The molecule has 0 spiro atoms. The second-order valence-electron chi connectivity index (χ2n) is 4.83. The lowest BCUT2D eigenvalue weighted by Gasteiger charge is -2.13. The summed E-state index contributed by atoms with van der Waals surface area (Å²) in [5.74, 6) is 2.64. The summed E-state index contributed by atoms with van der Waals surface area (Å²) < 4.78 is 15.6. The zero-order chi connectivity index (χ0) is 16.7. The maximum absolute atomic E-state index is 5.38. The highest BCUT2D eigenvalue weighted by molar-refractivity contribution is 5.66. The van der Waals surface area contributed by atoms with Gasteiger partial charge in [0, 0.05) is 31.5 Å². The van der Waals surface area contributed by atoms with Gasteiger partial charge in [0.25, 0.3) is 0 Å². The molecule has 1 aromatic carbocycles. The van der Waals surface area contributed by atoms with Crippen LogP contribution in [0.5, 0.6) is 11.5 Å². The number of benzene rings is 1. The van der Waals surface area contributed by atoms with Crippen molar-refractivity contribution in [2.45, 2.75) is 6.92 Å². The van der Waals surface area contributed by atoms with Gasteiger partial charge in [0.05, 0.1) is 26.5 Å². The van der Waals surface area contributed by atoms with E-state index >= 15 is 0 Å². The van der Waals surface area contributed by atoms with E-state index in [1.807, 2.05) is 31.2 Å². The van der Waals surface area contributed by atoms with Crippen molar-refractivity contribution in [3.63, 3.8) is 0 Å². The molecule has 2 aromatic rings. The molecule has 0 aliphatic carbocycles. The van der Waals surface area contributed by atoms with Crippen LogP contribution in [0.15, 0.2) is 24.3 Å². The van der Waals surface area contributed by atoms with E-state index in [0.717, 1.165) is 17.1 Å². The average molecular weight is 318 g/mol. The summed E-state index contributed by atoms with van der Waals surface area (Å²) in [7, 11) is 4.89. The maximum Gasteiger partial charge on any atom is 0.224 e. The molecule has 0 saturated heterocycles.